The van der Waals surface area contributed by atoms with Crippen LogP contribution in [0.1, 0.15) is 5.56 Å². The Labute approximate surface area is 86.7 Å². The highest BCUT2D eigenvalue weighted by Gasteiger charge is 1.97. The number of nitrogens with one attached hydrogen (secondary N) is 1. The van der Waals surface area contributed by atoms with Crippen LogP contribution in [-0.2, 0) is 6.61 Å². The molecular weight excluding hydrogens is 200 g/mol. The van der Waals surface area contributed by atoms with Crippen molar-refractivity contribution in [2.24, 2.45) is 0 Å². The molecule has 4 heteroatoms. The van der Waals surface area contributed by atoms with Crippen molar-refractivity contribution in [3.63, 3.8) is 0 Å². The second-order valence-electron chi connectivity index (χ2n) is 2.85. The van der Waals surface area contributed by atoms with Gasteiger partial charge in [-0.3, -0.25) is 5.10 Å². The fraction of sp³-hybridized carbons (Fsp3) is 0.100. The van der Waals surface area contributed by atoms with Gasteiger partial charge >= 0.3 is 0 Å². The summed E-state index contributed by atoms with van der Waals surface area (Å²) in [7, 11) is 0. The minimum atomic E-state index is 0.497. The Hall–Kier alpha value is -1.48. The Morgan fingerprint density at radius 3 is 3.07 bits per heavy atom. The van der Waals surface area contributed by atoms with Gasteiger partial charge in [0.1, 0.15) is 12.4 Å². The quantitative estimate of drug-likeness (QED) is 0.842. The summed E-state index contributed by atoms with van der Waals surface area (Å²) in [6.07, 6.45) is 3.52. The highest BCUT2D eigenvalue weighted by atomic mass is 35.5. The summed E-state index contributed by atoms with van der Waals surface area (Å²) in [4.78, 5) is 0. The van der Waals surface area contributed by atoms with Gasteiger partial charge in [-0.05, 0) is 18.2 Å². The second kappa shape index (κ2) is 4.15. The summed E-state index contributed by atoms with van der Waals surface area (Å²) < 4.78 is 5.49. The van der Waals surface area contributed by atoms with Crippen LogP contribution in [0.5, 0.6) is 5.75 Å². The highest BCUT2D eigenvalue weighted by molar-refractivity contribution is 6.30. The van der Waals surface area contributed by atoms with Crippen LogP contribution in [0, 0.1) is 0 Å². The summed E-state index contributed by atoms with van der Waals surface area (Å²) in [5, 5.41) is 7.22. The molecular formula is C10H9ClN2O. The van der Waals surface area contributed by atoms with E-state index >= 15 is 0 Å². The molecule has 0 saturated heterocycles. The first kappa shape index (κ1) is 9.09. The number of nitrogens with zero attached hydrogens (tertiary/aromatic N) is 1. The van der Waals surface area contributed by atoms with E-state index in [1.54, 1.807) is 18.5 Å². The second-order valence-corrected chi connectivity index (χ2v) is 3.29. The zero-order chi connectivity index (χ0) is 9.80. The lowest BCUT2D eigenvalue weighted by atomic mass is 10.3. The molecule has 14 heavy (non-hydrogen) atoms. The topological polar surface area (TPSA) is 37.9 Å². The molecule has 0 aliphatic heterocycles. The normalized spacial score (nSPS) is 10.1. The van der Waals surface area contributed by atoms with E-state index in [2.05, 4.69) is 10.2 Å². The van der Waals surface area contributed by atoms with Crippen LogP contribution >= 0.6 is 11.6 Å². The van der Waals surface area contributed by atoms with E-state index < -0.39 is 0 Å². The van der Waals surface area contributed by atoms with Crippen molar-refractivity contribution in [3.05, 3.63) is 47.2 Å². The molecule has 1 heterocycles. The van der Waals surface area contributed by atoms with Gasteiger partial charge in [0, 0.05) is 16.8 Å². The minimum absolute atomic E-state index is 0.497. The third kappa shape index (κ3) is 2.26. The molecule has 2 rings (SSSR count). The SMILES string of the molecule is Clc1cccc(OCc2cn[nH]c2)c1. The third-order valence-electron chi connectivity index (χ3n) is 1.76. The van der Waals surface area contributed by atoms with Gasteiger partial charge in [0.05, 0.1) is 6.20 Å². The number of aromatic nitrogens is 2. The molecule has 1 N–H and O–H groups in total. The van der Waals surface area contributed by atoms with Crippen molar-refractivity contribution in [2.45, 2.75) is 6.61 Å². The van der Waals surface area contributed by atoms with Gasteiger partial charge < -0.3 is 4.74 Å². The predicted octanol–water partition coefficient (Wildman–Crippen LogP) is 2.64. The van der Waals surface area contributed by atoms with E-state index in [0.29, 0.717) is 11.6 Å². The average molecular weight is 209 g/mol. The number of H-pyrrole nitrogens is 1. The van der Waals surface area contributed by atoms with E-state index in [1.807, 2.05) is 18.2 Å². The Morgan fingerprint density at radius 2 is 2.36 bits per heavy atom. The van der Waals surface area contributed by atoms with E-state index in [1.165, 1.54) is 0 Å². The number of benzene rings is 1. The molecule has 0 aliphatic rings. The number of halogens is 1. The van der Waals surface area contributed by atoms with Crippen LogP contribution in [0.3, 0.4) is 0 Å². The Morgan fingerprint density at radius 1 is 1.43 bits per heavy atom. The molecule has 1 aromatic heterocycles. The summed E-state index contributed by atoms with van der Waals surface area (Å²) in [5.74, 6) is 0.763. The van der Waals surface area contributed by atoms with Gasteiger partial charge in [0.15, 0.2) is 0 Å². The lowest BCUT2D eigenvalue weighted by Crippen LogP contribution is -1.93. The molecule has 0 amide bonds. The number of aromatic amines is 1. The number of hydrogen-bond donors (Lipinski definition) is 1. The molecule has 0 spiro atoms. The minimum Gasteiger partial charge on any atom is -0.489 e. The van der Waals surface area contributed by atoms with Gasteiger partial charge in [-0.1, -0.05) is 17.7 Å². The van der Waals surface area contributed by atoms with Gasteiger partial charge in [0.2, 0.25) is 0 Å². The Bertz CT molecular complexity index is 400. The molecule has 3 nitrogen and oxygen atoms in total. The summed E-state index contributed by atoms with van der Waals surface area (Å²) >= 11 is 5.81. The van der Waals surface area contributed by atoms with Crippen molar-refractivity contribution < 1.29 is 4.74 Å². The first-order valence-electron chi connectivity index (χ1n) is 4.20. The van der Waals surface area contributed by atoms with Crippen LogP contribution < -0.4 is 4.74 Å². The van der Waals surface area contributed by atoms with E-state index in [4.69, 9.17) is 16.3 Å². The van der Waals surface area contributed by atoms with Gasteiger partial charge in [-0.15, -0.1) is 0 Å². The Balaban J connectivity index is 1.98. The zero-order valence-corrected chi connectivity index (χ0v) is 8.16. The molecule has 0 bridgehead atoms. The van der Waals surface area contributed by atoms with Crippen LogP contribution in [-0.4, -0.2) is 10.2 Å². The monoisotopic (exact) mass is 208 g/mol. The summed E-state index contributed by atoms with van der Waals surface area (Å²) in [5.41, 5.74) is 1.00. The first-order chi connectivity index (χ1) is 6.84. The van der Waals surface area contributed by atoms with Gasteiger partial charge in [-0.2, -0.15) is 5.10 Å². The largest absolute Gasteiger partial charge is 0.489 e. The third-order valence-corrected chi connectivity index (χ3v) is 1.99. The maximum absolute atomic E-state index is 5.81. The lowest BCUT2D eigenvalue weighted by Gasteiger charge is -2.03. The molecule has 0 atom stereocenters. The van der Waals surface area contributed by atoms with E-state index in [9.17, 15) is 0 Å². The van der Waals surface area contributed by atoms with Crippen LogP contribution in [0.2, 0.25) is 5.02 Å². The molecule has 0 unspecified atom stereocenters. The smallest absolute Gasteiger partial charge is 0.121 e. The maximum atomic E-state index is 5.81. The van der Waals surface area contributed by atoms with Gasteiger partial charge in [-0.25, -0.2) is 0 Å². The number of ether oxygens (including phenoxy) is 1. The standard InChI is InChI=1S/C10H9ClN2O/c11-9-2-1-3-10(4-9)14-7-8-5-12-13-6-8/h1-6H,7H2,(H,12,13). The number of rotatable bonds is 3. The van der Waals surface area contributed by atoms with Crippen LogP contribution in [0.15, 0.2) is 36.7 Å². The van der Waals surface area contributed by atoms with Crippen LogP contribution in [0.25, 0.3) is 0 Å². The molecule has 1 aromatic carbocycles. The van der Waals surface area contributed by atoms with E-state index in [0.717, 1.165) is 11.3 Å². The molecule has 72 valence electrons. The highest BCUT2D eigenvalue weighted by Crippen LogP contribution is 2.17. The van der Waals surface area contributed by atoms with Crippen molar-refractivity contribution in [3.8, 4) is 5.75 Å². The Kier molecular flexibility index (Phi) is 2.70. The van der Waals surface area contributed by atoms with Crippen molar-refractivity contribution >= 4 is 11.6 Å². The summed E-state index contributed by atoms with van der Waals surface area (Å²) in [6.45, 7) is 0.497. The zero-order valence-electron chi connectivity index (χ0n) is 7.40. The lowest BCUT2D eigenvalue weighted by molar-refractivity contribution is 0.306. The summed E-state index contributed by atoms with van der Waals surface area (Å²) in [6, 6.07) is 7.31. The molecule has 2 aromatic rings. The maximum Gasteiger partial charge on any atom is 0.121 e. The van der Waals surface area contributed by atoms with Crippen LogP contribution in [0.4, 0.5) is 0 Å². The van der Waals surface area contributed by atoms with Crippen molar-refractivity contribution in [2.75, 3.05) is 0 Å². The fourth-order valence-corrected chi connectivity index (χ4v) is 1.26. The van der Waals surface area contributed by atoms with Gasteiger partial charge in [0.25, 0.3) is 0 Å². The fourth-order valence-electron chi connectivity index (χ4n) is 1.08. The average Bonchev–Trinajstić information content (AvgIpc) is 2.67. The van der Waals surface area contributed by atoms with E-state index in [-0.39, 0.29) is 0 Å². The van der Waals surface area contributed by atoms with Crippen molar-refractivity contribution in [1.29, 1.82) is 0 Å². The molecule has 0 fully saturated rings. The first-order valence-corrected chi connectivity index (χ1v) is 4.58. The van der Waals surface area contributed by atoms with Crippen molar-refractivity contribution in [1.82, 2.24) is 10.2 Å². The number of hydrogen-bond acceptors (Lipinski definition) is 2. The molecule has 0 radical (unpaired) electrons. The molecule has 0 saturated carbocycles. The predicted molar refractivity (Wildman–Crippen MR) is 54.4 cm³/mol. The molecule has 0 aliphatic carbocycles.